The molecule has 0 bridgehead atoms. The molecule has 0 spiro atoms. The van der Waals surface area contributed by atoms with E-state index in [1.807, 2.05) is 27.7 Å². The van der Waals surface area contributed by atoms with Crippen LogP contribution in [0.25, 0.3) is 0 Å². The van der Waals surface area contributed by atoms with Gasteiger partial charge in [0, 0.05) is 26.4 Å². The normalized spacial score (nSPS) is 21.9. The van der Waals surface area contributed by atoms with Gasteiger partial charge in [-0.15, -0.1) is 0 Å². The van der Waals surface area contributed by atoms with Crippen LogP contribution in [-0.4, -0.2) is 49.1 Å². The summed E-state index contributed by atoms with van der Waals surface area (Å²) in [4.78, 5) is 22.1. The Labute approximate surface area is 157 Å². The molecule has 2 fully saturated rings. The third-order valence-corrected chi connectivity index (χ3v) is 4.97. The van der Waals surface area contributed by atoms with Gasteiger partial charge in [0.15, 0.2) is 0 Å². The van der Waals surface area contributed by atoms with Crippen molar-refractivity contribution in [3.63, 3.8) is 0 Å². The molecule has 1 N–H and O–H groups in total. The zero-order chi connectivity index (χ0) is 19.8. The van der Waals surface area contributed by atoms with E-state index in [1.165, 1.54) is 0 Å². The molecular formula is C20H36O6. The van der Waals surface area contributed by atoms with Crippen molar-refractivity contribution in [2.75, 3.05) is 26.4 Å². The Hall–Kier alpha value is -1.14. The molecule has 6 nitrogen and oxygen atoms in total. The molecule has 0 amide bonds. The third kappa shape index (κ3) is 9.53. The van der Waals surface area contributed by atoms with Gasteiger partial charge in [-0.2, -0.15) is 0 Å². The van der Waals surface area contributed by atoms with Crippen LogP contribution in [-0.2, 0) is 23.8 Å². The van der Waals surface area contributed by atoms with Crippen LogP contribution in [0.15, 0.2) is 0 Å². The van der Waals surface area contributed by atoms with Crippen LogP contribution in [0.4, 0.5) is 0 Å². The summed E-state index contributed by atoms with van der Waals surface area (Å²) in [6.07, 6.45) is 4.43. The summed E-state index contributed by atoms with van der Waals surface area (Å²) in [7, 11) is 0. The molecule has 0 saturated carbocycles. The summed E-state index contributed by atoms with van der Waals surface area (Å²) < 4.78 is 15.8. The van der Waals surface area contributed by atoms with Crippen LogP contribution >= 0.6 is 0 Å². The van der Waals surface area contributed by atoms with Gasteiger partial charge in [0.2, 0.25) is 0 Å². The minimum atomic E-state index is -0.700. The van der Waals surface area contributed by atoms with Crippen LogP contribution in [0.3, 0.4) is 0 Å². The maximum atomic E-state index is 11.7. The fourth-order valence-corrected chi connectivity index (χ4v) is 3.17. The van der Waals surface area contributed by atoms with Crippen molar-refractivity contribution in [3.05, 3.63) is 0 Å². The highest BCUT2D eigenvalue weighted by atomic mass is 16.6. The Morgan fingerprint density at radius 1 is 0.885 bits per heavy atom. The van der Waals surface area contributed by atoms with Crippen molar-refractivity contribution < 1.29 is 28.9 Å². The minimum Gasteiger partial charge on any atom is -0.481 e. The van der Waals surface area contributed by atoms with E-state index in [9.17, 15) is 9.59 Å². The lowest BCUT2D eigenvalue weighted by Gasteiger charge is -2.33. The number of rotatable bonds is 4. The van der Waals surface area contributed by atoms with Gasteiger partial charge in [0.05, 0.1) is 12.8 Å². The molecule has 0 unspecified atom stereocenters. The summed E-state index contributed by atoms with van der Waals surface area (Å²) in [5.41, 5.74) is -0.330. The summed E-state index contributed by atoms with van der Waals surface area (Å²) in [5, 5.41) is 8.59. The number of carbonyl (C=O) groups is 2. The van der Waals surface area contributed by atoms with E-state index in [0.29, 0.717) is 19.6 Å². The predicted octanol–water partition coefficient (Wildman–Crippen LogP) is 3.81. The fourth-order valence-electron chi connectivity index (χ4n) is 3.17. The second kappa shape index (κ2) is 9.70. The van der Waals surface area contributed by atoms with E-state index in [1.54, 1.807) is 0 Å². The molecule has 2 heterocycles. The summed E-state index contributed by atoms with van der Waals surface area (Å²) >= 11 is 0. The first-order valence-corrected chi connectivity index (χ1v) is 9.52. The van der Waals surface area contributed by atoms with Gasteiger partial charge < -0.3 is 19.3 Å². The fraction of sp³-hybridized carbons (Fsp3) is 0.900. The molecule has 2 aliphatic heterocycles. The van der Waals surface area contributed by atoms with Crippen LogP contribution in [0.2, 0.25) is 0 Å². The lowest BCUT2D eigenvalue weighted by molar-refractivity contribution is -0.158. The molecule has 2 aliphatic rings. The molecule has 2 saturated heterocycles. The standard InChI is InChI=1S/C12H22O3.C8H14O3/c1-11(2,3)15-10(13)9-12(4)5-7-14-8-6-12;1-8(6-7(9)10)2-4-11-5-3-8/h5-9H2,1-4H3;2-6H2,1H3,(H,9,10). The van der Waals surface area contributed by atoms with Gasteiger partial charge in [-0.1, -0.05) is 13.8 Å². The molecule has 0 aliphatic carbocycles. The van der Waals surface area contributed by atoms with Crippen LogP contribution in [0, 0.1) is 10.8 Å². The summed E-state index contributed by atoms with van der Waals surface area (Å²) in [6.45, 7) is 12.8. The van der Waals surface area contributed by atoms with Crippen molar-refractivity contribution >= 4 is 11.9 Å². The van der Waals surface area contributed by atoms with Crippen molar-refractivity contribution in [2.45, 2.75) is 78.7 Å². The third-order valence-electron chi connectivity index (χ3n) is 4.97. The lowest BCUT2D eigenvalue weighted by atomic mass is 9.79. The van der Waals surface area contributed by atoms with Gasteiger partial charge in [0.1, 0.15) is 5.60 Å². The first kappa shape index (κ1) is 22.9. The Morgan fingerprint density at radius 3 is 1.62 bits per heavy atom. The van der Waals surface area contributed by atoms with Crippen LogP contribution in [0.5, 0.6) is 0 Å². The number of carbonyl (C=O) groups excluding carboxylic acids is 1. The first-order valence-electron chi connectivity index (χ1n) is 9.52. The van der Waals surface area contributed by atoms with Gasteiger partial charge in [0.25, 0.3) is 0 Å². The first-order chi connectivity index (χ1) is 11.9. The number of hydrogen-bond acceptors (Lipinski definition) is 5. The molecule has 0 aromatic carbocycles. The average Bonchev–Trinajstić information content (AvgIpc) is 2.45. The second-order valence-electron chi connectivity index (χ2n) is 9.18. The highest BCUT2D eigenvalue weighted by Crippen LogP contribution is 2.34. The SMILES string of the molecule is CC1(CC(=O)O)CCOCC1.CC1(CC(=O)OC(C)(C)C)CCOCC1. The number of carboxylic acid groups (broad SMARTS) is 1. The molecular weight excluding hydrogens is 336 g/mol. The highest BCUT2D eigenvalue weighted by molar-refractivity contribution is 5.70. The van der Waals surface area contributed by atoms with Gasteiger partial charge in [-0.3, -0.25) is 9.59 Å². The van der Waals surface area contributed by atoms with E-state index < -0.39 is 5.97 Å². The largest absolute Gasteiger partial charge is 0.481 e. The number of aliphatic carboxylic acids is 1. The number of ether oxygens (including phenoxy) is 3. The number of esters is 1. The van der Waals surface area contributed by atoms with Crippen molar-refractivity contribution in [2.24, 2.45) is 10.8 Å². The zero-order valence-electron chi connectivity index (χ0n) is 17.1. The molecule has 0 aromatic heterocycles. The van der Waals surface area contributed by atoms with Gasteiger partial charge >= 0.3 is 11.9 Å². The molecule has 152 valence electrons. The average molecular weight is 373 g/mol. The van der Waals surface area contributed by atoms with E-state index in [0.717, 1.165) is 38.9 Å². The smallest absolute Gasteiger partial charge is 0.306 e. The molecule has 26 heavy (non-hydrogen) atoms. The molecule has 0 radical (unpaired) electrons. The van der Waals surface area contributed by atoms with Crippen molar-refractivity contribution in [1.29, 1.82) is 0 Å². The highest BCUT2D eigenvalue weighted by Gasteiger charge is 2.32. The van der Waals surface area contributed by atoms with E-state index in [4.69, 9.17) is 19.3 Å². The molecule has 2 rings (SSSR count). The number of carboxylic acids is 1. The van der Waals surface area contributed by atoms with Crippen molar-refractivity contribution in [1.82, 2.24) is 0 Å². The minimum absolute atomic E-state index is 0.0237. The topological polar surface area (TPSA) is 82.1 Å². The Kier molecular flexibility index (Phi) is 8.54. The Morgan fingerprint density at radius 2 is 1.27 bits per heavy atom. The van der Waals surface area contributed by atoms with Crippen molar-refractivity contribution in [3.8, 4) is 0 Å². The summed E-state index contributed by atoms with van der Waals surface area (Å²) in [6, 6.07) is 0. The monoisotopic (exact) mass is 372 g/mol. The maximum absolute atomic E-state index is 11.7. The van der Waals surface area contributed by atoms with Crippen LogP contribution < -0.4 is 0 Å². The maximum Gasteiger partial charge on any atom is 0.306 e. The van der Waals surface area contributed by atoms with E-state index in [-0.39, 0.29) is 28.8 Å². The zero-order valence-corrected chi connectivity index (χ0v) is 17.1. The molecule has 6 heteroatoms. The lowest BCUT2D eigenvalue weighted by Crippen LogP contribution is -2.32. The van der Waals surface area contributed by atoms with Crippen LogP contribution in [0.1, 0.15) is 73.1 Å². The molecule has 0 aromatic rings. The van der Waals surface area contributed by atoms with E-state index >= 15 is 0 Å². The Bertz CT molecular complexity index is 453. The number of hydrogen-bond donors (Lipinski definition) is 1. The van der Waals surface area contributed by atoms with Gasteiger partial charge in [-0.25, -0.2) is 0 Å². The predicted molar refractivity (Wildman–Crippen MR) is 99.0 cm³/mol. The summed E-state index contributed by atoms with van der Waals surface area (Å²) in [5.74, 6) is -0.790. The van der Waals surface area contributed by atoms with E-state index in [2.05, 4.69) is 6.92 Å². The molecule has 0 atom stereocenters. The second-order valence-corrected chi connectivity index (χ2v) is 9.18. The van der Waals surface area contributed by atoms with Gasteiger partial charge in [-0.05, 0) is 57.3 Å². The Balaban J connectivity index is 0.000000273. The quantitative estimate of drug-likeness (QED) is 0.756.